The molecule has 5 nitrogen and oxygen atoms in total. The zero-order chi connectivity index (χ0) is 17.2. The first kappa shape index (κ1) is 15.6. The van der Waals surface area contributed by atoms with Gasteiger partial charge in [0.1, 0.15) is 6.04 Å². The van der Waals surface area contributed by atoms with E-state index < -0.39 is 0 Å². The van der Waals surface area contributed by atoms with Crippen LogP contribution < -0.4 is 0 Å². The lowest BCUT2D eigenvalue weighted by molar-refractivity contribution is 0.0710. The molecule has 25 heavy (non-hydrogen) atoms. The van der Waals surface area contributed by atoms with E-state index in [-0.39, 0.29) is 11.9 Å². The van der Waals surface area contributed by atoms with Crippen molar-refractivity contribution in [1.29, 1.82) is 0 Å². The molecule has 1 saturated heterocycles. The number of aryl methyl sites for hydroxylation is 1. The van der Waals surface area contributed by atoms with Gasteiger partial charge < -0.3 is 9.42 Å². The summed E-state index contributed by atoms with van der Waals surface area (Å²) < 4.78 is 5.49. The van der Waals surface area contributed by atoms with E-state index in [0.717, 1.165) is 24.0 Å². The number of benzene rings is 2. The molecule has 4 rings (SSSR count). The van der Waals surface area contributed by atoms with Gasteiger partial charge in [-0.1, -0.05) is 53.2 Å². The number of hydrogen-bond acceptors (Lipinski definition) is 4. The quantitative estimate of drug-likeness (QED) is 0.726. The molecular formula is C20H19N3O2. The topological polar surface area (TPSA) is 59.2 Å². The molecule has 0 aliphatic carbocycles. The molecule has 0 N–H and O–H groups in total. The Kier molecular flexibility index (Phi) is 4.06. The van der Waals surface area contributed by atoms with Crippen molar-refractivity contribution >= 4 is 5.91 Å². The minimum absolute atomic E-state index is 0.0191. The summed E-state index contributed by atoms with van der Waals surface area (Å²) in [6.07, 6.45) is 1.78. The van der Waals surface area contributed by atoms with Gasteiger partial charge in [0, 0.05) is 17.7 Å². The van der Waals surface area contributed by atoms with Crippen molar-refractivity contribution in [3.8, 4) is 11.4 Å². The Labute approximate surface area is 146 Å². The van der Waals surface area contributed by atoms with Crippen molar-refractivity contribution in [1.82, 2.24) is 15.0 Å². The minimum Gasteiger partial charge on any atom is -0.337 e. The number of amides is 1. The molecule has 5 heteroatoms. The van der Waals surface area contributed by atoms with Crippen molar-refractivity contribution in [3.63, 3.8) is 0 Å². The third-order valence-electron chi connectivity index (χ3n) is 4.54. The SMILES string of the molecule is Cc1cccc(C(=O)N2CCC[C@@H]2c2nc(-c3ccccc3)no2)c1. The molecule has 1 aliphatic heterocycles. The number of carbonyl (C=O) groups is 1. The summed E-state index contributed by atoms with van der Waals surface area (Å²) in [7, 11) is 0. The van der Waals surface area contributed by atoms with Crippen molar-refractivity contribution in [2.45, 2.75) is 25.8 Å². The van der Waals surface area contributed by atoms with Gasteiger partial charge >= 0.3 is 0 Å². The van der Waals surface area contributed by atoms with Crippen LogP contribution in [0.3, 0.4) is 0 Å². The zero-order valence-corrected chi connectivity index (χ0v) is 14.1. The maximum absolute atomic E-state index is 12.9. The van der Waals surface area contributed by atoms with Crippen LogP contribution in [0.25, 0.3) is 11.4 Å². The van der Waals surface area contributed by atoms with E-state index in [1.165, 1.54) is 0 Å². The Hall–Kier alpha value is -2.95. The first-order valence-corrected chi connectivity index (χ1v) is 8.49. The largest absolute Gasteiger partial charge is 0.337 e. The van der Waals surface area contributed by atoms with E-state index in [0.29, 0.717) is 23.8 Å². The fourth-order valence-electron chi connectivity index (χ4n) is 3.29. The summed E-state index contributed by atoms with van der Waals surface area (Å²) in [5.41, 5.74) is 2.69. The summed E-state index contributed by atoms with van der Waals surface area (Å²) in [6.45, 7) is 2.70. The van der Waals surface area contributed by atoms with Crippen LogP contribution in [0.4, 0.5) is 0 Å². The van der Waals surface area contributed by atoms with E-state index in [1.807, 2.05) is 66.4 Å². The second kappa shape index (κ2) is 6.51. The maximum atomic E-state index is 12.9. The number of likely N-dealkylation sites (tertiary alicyclic amines) is 1. The van der Waals surface area contributed by atoms with Gasteiger partial charge in [-0.3, -0.25) is 4.79 Å². The van der Waals surface area contributed by atoms with E-state index >= 15 is 0 Å². The smallest absolute Gasteiger partial charge is 0.254 e. The number of rotatable bonds is 3. The summed E-state index contributed by atoms with van der Waals surface area (Å²) in [5.74, 6) is 1.09. The Balaban J connectivity index is 1.60. The second-order valence-corrected chi connectivity index (χ2v) is 6.35. The highest BCUT2D eigenvalue weighted by atomic mass is 16.5. The van der Waals surface area contributed by atoms with Crippen LogP contribution in [-0.2, 0) is 0 Å². The summed E-state index contributed by atoms with van der Waals surface area (Å²) >= 11 is 0. The normalized spacial score (nSPS) is 17.0. The summed E-state index contributed by atoms with van der Waals surface area (Å²) in [5, 5.41) is 4.09. The van der Waals surface area contributed by atoms with Gasteiger partial charge in [0.05, 0.1) is 0 Å². The molecule has 3 aromatic rings. The van der Waals surface area contributed by atoms with E-state index in [4.69, 9.17) is 4.52 Å². The summed E-state index contributed by atoms with van der Waals surface area (Å²) in [4.78, 5) is 19.3. The molecule has 1 fully saturated rings. The molecule has 0 spiro atoms. The number of nitrogens with zero attached hydrogens (tertiary/aromatic N) is 3. The van der Waals surface area contributed by atoms with Crippen LogP contribution in [0.2, 0.25) is 0 Å². The first-order valence-electron chi connectivity index (χ1n) is 8.49. The zero-order valence-electron chi connectivity index (χ0n) is 14.1. The van der Waals surface area contributed by atoms with Gasteiger partial charge in [0.15, 0.2) is 0 Å². The van der Waals surface area contributed by atoms with Crippen LogP contribution in [0, 0.1) is 6.92 Å². The number of hydrogen-bond donors (Lipinski definition) is 0. The molecule has 1 atom stereocenters. The molecule has 1 aromatic heterocycles. The van der Waals surface area contributed by atoms with Gasteiger partial charge in [-0.25, -0.2) is 0 Å². The predicted molar refractivity (Wildman–Crippen MR) is 93.9 cm³/mol. The van der Waals surface area contributed by atoms with Gasteiger partial charge in [0.2, 0.25) is 11.7 Å². The Morgan fingerprint density at radius 3 is 2.80 bits per heavy atom. The van der Waals surface area contributed by atoms with Crippen molar-refractivity contribution < 1.29 is 9.32 Å². The van der Waals surface area contributed by atoms with Crippen LogP contribution >= 0.6 is 0 Å². The highest BCUT2D eigenvalue weighted by Crippen LogP contribution is 2.33. The van der Waals surface area contributed by atoms with Crippen molar-refractivity contribution in [3.05, 3.63) is 71.6 Å². The highest BCUT2D eigenvalue weighted by Gasteiger charge is 2.34. The average Bonchev–Trinajstić information content (AvgIpc) is 3.31. The average molecular weight is 333 g/mol. The fraction of sp³-hybridized carbons (Fsp3) is 0.250. The molecule has 0 bridgehead atoms. The van der Waals surface area contributed by atoms with Gasteiger partial charge in [-0.15, -0.1) is 0 Å². The summed E-state index contributed by atoms with van der Waals surface area (Å²) in [6, 6.07) is 17.2. The molecule has 2 heterocycles. The van der Waals surface area contributed by atoms with E-state index in [2.05, 4.69) is 10.1 Å². The number of carbonyl (C=O) groups excluding carboxylic acids is 1. The monoisotopic (exact) mass is 333 g/mol. The second-order valence-electron chi connectivity index (χ2n) is 6.35. The van der Waals surface area contributed by atoms with Crippen molar-refractivity contribution in [2.75, 3.05) is 6.54 Å². The Morgan fingerprint density at radius 1 is 1.16 bits per heavy atom. The lowest BCUT2D eigenvalue weighted by Gasteiger charge is -2.22. The Bertz CT molecular complexity index is 889. The molecule has 1 amide bonds. The number of aromatic nitrogens is 2. The molecule has 0 radical (unpaired) electrons. The van der Waals surface area contributed by atoms with Crippen LogP contribution in [0.5, 0.6) is 0 Å². The van der Waals surface area contributed by atoms with Crippen molar-refractivity contribution in [2.24, 2.45) is 0 Å². The molecule has 0 unspecified atom stereocenters. The molecule has 126 valence electrons. The van der Waals surface area contributed by atoms with Crippen LogP contribution in [0.1, 0.15) is 40.7 Å². The highest BCUT2D eigenvalue weighted by molar-refractivity contribution is 5.94. The standard InChI is InChI=1S/C20H19N3O2/c1-14-7-5-10-16(13-14)20(24)23-12-6-11-17(23)19-21-18(22-25-19)15-8-3-2-4-9-15/h2-5,7-10,13,17H,6,11-12H2,1H3/t17-/m1/s1. The third kappa shape index (κ3) is 3.05. The van der Waals surface area contributed by atoms with Gasteiger partial charge in [-0.2, -0.15) is 4.98 Å². The first-order chi connectivity index (χ1) is 12.2. The molecule has 2 aromatic carbocycles. The Morgan fingerprint density at radius 2 is 2.00 bits per heavy atom. The van der Waals surface area contributed by atoms with Gasteiger partial charge in [-0.05, 0) is 31.9 Å². The third-order valence-corrected chi connectivity index (χ3v) is 4.54. The van der Waals surface area contributed by atoms with E-state index in [1.54, 1.807) is 0 Å². The predicted octanol–water partition coefficient (Wildman–Crippen LogP) is 4.02. The molecular weight excluding hydrogens is 314 g/mol. The minimum atomic E-state index is -0.155. The lowest BCUT2D eigenvalue weighted by atomic mass is 10.1. The molecule has 0 saturated carbocycles. The molecule has 1 aliphatic rings. The van der Waals surface area contributed by atoms with Gasteiger partial charge in [0.25, 0.3) is 5.91 Å². The fourth-order valence-corrected chi connectivity index (χ4v) is 3.29. The lowest BCUT2D eigenvalue weighted by Crippen LogP contribution is -2.30. The van der Waals surface area contributed by atoms with Crippen LogP contribution in [0.15, 0.2) is 59.1 Å². The maximum Gasteiger partial charge on any atom is 0.254 e. The van der Waals surface area contributed by atoms with Crippen LogP contribution in [-0.4, -0.2) is 27.5 Å². The van der Waals surface area contributed by atoms with E-state index in [9.17, 15) is 4.79 Å².